The van der Waals surface area contributed by atoms with Crippen molar-refractivity contribution in [1.82, 2.24) is 5.16 Å². The van der Waals surface area contributed by atoms with Crippen LogP contribution in [0.5, 0.6) is 0 Å². The first kappa shape index (κ1) is 13.4. The van der Waals surface area contributed by atoms with Gasteiger partial charge in [0.05, 0.1) is 0 Å². The summed E-state index contributed by atoms with van der Waals surface area (Å²) in [6.07, 6.45) is 8.35. The average Bonchev–Trinajstić information content (AvgIpc) is 2.88. The van der Waals surface area contributed by atoms with Crippen LogP contribution in [-0.2, 0) is 11.8 Å². The van der Waals surface area contributed by atoms with Crippen molar-refractivity contribution in [2.24, 2.45) is 5.92 Å². The molecule has 0 amide bonds. The molecule has 0 aromatic carbocycles. The van der Waals surface area contributed by atoms with Gasteiger partial charge in [-0.25, -0.2) is 0 Å². The highest BCUT2D eigenvalue weighted by molar-refractivity contribution is 5.43. The fraction of sp³-hybridized carbons (Fsp3) is 0.800. The molecule has 1 saturated carbocycles. The summed E-state index contributed by atoms with van der Waals surface area (Å²) in [4.78, 5) is 0. The Kier molecular flexibility index (Phi) is 3.98. The lowest BCUT2D eigenvalue weighted by molar-refractivity contribution is 0.251. The van der Waals surface area contributed by atoms with Crippen molar-refractivity contribution in [3.63, 3.8) is 0 Å². The third-order valence-corrected chi connectivity index (χ3v) is 4.16. The smallest absolute Gasteiger partial charge is 0.170 e. The zero-order chi connectivity index (χ0) is 13.2. The zero-order valence-corrected chi connectivity index (χ0v) is 12.0. The standard InChI is InChI=1S/C15H26N2O/c1-4-7-12-13(18-17-14(12)16)15(10-11(2)3)8-5-6-9-15/h11H,4-10H2,1-3H3,(H2,16,17). The zero-order valence-electron chi connectivity index (χ0n) is 12.0. The maximum Gasteiger partial charge on any atom is 0.170 e. The Morgan fingerprint density at radius 1 is 1.33 bits per heavy atom. The number of hydrogen-bond donors (Lipinski definition) is 1. The Hall–Kier alpha value is -0.990. The fourth-order valence-corrected chi connectivity index (χ4v) is 3.59. The number of rotatable bonds is 5. The van der Waals surface area contributed by atoms with E-state index in [1.807, 2.05) is 0 Å². The van der Waals surface area contributed by atoms with E-state index >= 15 is 0 Å². The third kappa shape index (κ3) is 2.40. The molecule has 0 unspecified atom stereocenters. The summed E-state index contributed by atoms with van der Waals surface area (Å²) in [6.45, 7) is 6.76. The number of nitrogens with two attached hydrogens (primary N) is 1. The molecule has 0 atom stereocenters. The second kappa shape index (κ2) is 5.33. The van der Waals surface area contributed by atoms with Gasteiger partial charge in [-0.3, -0.25) is 0 Å². The quantitative estimate of drug-likeness (QED) is 0.857. The summed E-state index contributed by atoms with van der Waals surface area (Å²) < 4.78 is 5.66. The van der Waals surface area contributed by atoms with Gasteiger partial charge in [0.2, 0.25) is 0 Å². The predicted molar refractivity (Wildman–Crippen MR) is 74.5 cm³/mol. The van der Waals surface area contributed by atoms with Crippen molar-refractivity contribution in [2.75, 3.05) is 5.73 Å². The summed E-state index contributed by atoms with van der Waals surface area (Å²) in [5.41, 5.74) is 7.37. The summed E-state index contributed by atoms with van der Waals surface area (Å²) in [6, 6.07) is 0. The van der Waals surface area contributed by atoms with Crippen molar-refractivity contribution >= 4 is 5.82 Å². The molecule has 2 N–H and O–H groups in total. The largest absolute Gasteiger partial charge is 0.381 e. The summed E-state index contributed by atoms with van der Waals surface area (Å²) in [5.74, 6) is 2.40. The average molecular weight is 250 g/mol. The molecular formula is C15H26N2O. The first-order valence-corrected chi connectivity index (χ1v) is 7.33. The Morgan fingerprint density at radius 3 is 2.56 bits per heavy atom. The van der Waals surface area contributed by atoms with Gasteiger partial charge < -0.3 is 10.3 Å². The Balaban J connectivity index is 2.36. The van der Waals surface area contributed by atoms with Crippen LogP contribution in [0.3, 0.4) is 0 Å². The third-order valence-electron chi connectivity index (χ3n) is 4.16. The molecule has 1 heterocycles. The molecule has 0 radical (unpaired) electrons. The molecular weight excluding hydrogens is 224 g/mol. The Labute approximate surface area is 110 Å². The van der Waals surface area contributed by atoms with Gasteiger partial charge in [0.25, 0.3) is 0 Å². The van der Waals surface area contributed by atoms with Crippen molar-refractivity contribution in [3.8, 4) is 0 Å². The molecule has 2 rings (SSSR count). The molecule has 18 heavy (non-hydrogen) atoms. The minimum atomic E-state index is 0.212. The monoisotopic (exact) mass is 250 g/mol. The number of nitrogen functional groups attached to an aromatic ring is 1. The predicted octanol–water partition coefficient (Wildman–Crippen LogP) is 4.07. The molecule has 0 aliphatic heterocycles. The molecule has 0 saturated heterocycles. The van der Waals surface area contributed by atoms with Crippen LogP contribution in [0.15, 0.2) is 4.52 Å². The van der Waals surface area contributed by atoms with Gasteiger partial charge >= 0.3 is 0 Å². The van der Waals surface area contributed by atoms with Crippen LogP contribution in [0.2, 0.25) is 0 Å². The van der Waals surface area contributed by atoms with Crippen molar-refractivity contribution < 1.29 is 4.52 Å². The van der Waals surface area contributed by atoms with Gasteiger partial charge in [0, 0.05) is 11.0 Å². The van der Waals surface area contributed by atoms with E-state index in [1.54, 1.807) is 0 Å². The molecule has 0 spiro atoms. The molecule has 102 valence electrons. The summed E-state index contributed by atoms with van der Waals surface area (Å²) in [7, 11) is 0. The van der Waals surface area contributed by atoms with Crippen LogP contribution < -0.4 is 5.73 Å². The van der Waals surface area contributed by atoms with E-state index in [4.69, 9.17) is 10.3 Å². The minimum absolute atomic E-state index is 0.212. The molecule has 3 heteroatoms. The second-order valence-corrected chi connectivity index (χ2v) is 6.21. The molecule has 1 aliphatic carbocycles. The second-order valence-electron chi connectivity index (χ2n) is 6.21. The van der Waals surface area contributed by atoms with Gasteiger partial charge in [-0.1, -0.05) is 45.2 Å². The van der Waals surface area contributed by atoms with Gasteiger partial charge in [-0.05, 0) is 31.6 Å². The number of hydrogen-bond acceptors (Lipinski definition) is 3. The van der Waals surface area contributed by atoms with E-state index in [0.29, 0.717) is 11.7 Å². The van der Waals surface area contributed by atoms with E-state index in [0.717, 1.165) is 18.6 Å². The minimum Gasteiger partial charge on any atom is -0.381 e. The van der Waals surface area contributed by atoms with Gasteiger partial charge in [0.15, 0.2) is 5.82 Å². The fourth-order valence-electron chi connectivity index (χ4n) is 3.59. The number of nitrogens with zero attached hydrogens (tertiary/aromatic N) is 1. The molecule has 1 aromatic heterocycles. The lowest BCUT2D eigenvalue weighted by Gasteiger charge is -2.29. The molecule has 1 aliphatic rings. The van der Waals surface area contributed by atoms with Crippen molar-refractivity contribution in [3.05, 3.63) is 11.3 Å². The van der Waals surface area contributed by atoms with E-state index in [-0.39, 0.29) is 5.41 Å². The highest BCUT2D eigenvalue weighted by atomic mass is 16.5. The van der Waals surface area contributed by atoms with Crippen molar-refractivity contribution in [1.29, 1.82) is 0 Å². The normalized spacial score (nSPS) is 18.7. The van der Waals surface area contributed by atoms with E-state index in [1.165, 1.54) is 37.7 Å². The van der Waals surface area contributed by atoms with E-state index in [9.17, 15) is 0 Å². The first-order valence-electron chi connectivity index (χ1n) is 7.33. The van der Waals surface area contributed by atoms with E-state index in [2.05, 4.69) is 25.9 Å². The van der Waals surface area contributed by atoms with Gasteiger partial charge in [0.1, 0.15) is 5.76 Å². The Bertz CT molecular complexity index is 389. The molecule has 1 aromatic rings. The van der Waals surface area contributed by atoms with Crippen molar-refractivity contribution in [2.45, 2.75) is 71.1 Å². The lowest BCUT2D eigenvalue weighted by atomic mass is 9.75. The highest BCUT2D eigenvalue weighted by Gasteiger charge is 2.41. The van der Waals surface area contributed by atoms with Gasteiger partial charge in [-0.15, -0.1) is 0 Å². The summed E-state index contributed by atoms with van der Waals surface area (Å²) >= 11 is 0. The Morgan fingerprint density at radius 2 is 2.00 bits per heavy atom. The van der Waals surface area contributed by atoms with Crippen LogP contribution >= 0.6 is 0 Å². The lowest BCUT2D eigenvalue weighted by Crippen LogP contribution is -2.25. The topological polar surface area (TPSA) is 52.0 Å². The first-order chi connectivity index (χ1) is 8.59. The number of anilines is 1. The molecule has 3 nitrogen and oxygen atoms in total. The maximum atomic E-state index is 5.98. The van der Waals surface area contributed by atoms with Crippen LogP contribution in [0.25, 0.3) is 0 Å². The SMILES string of the molecule is CCCc1c(N)noc1C1(CC(C)C)CCCC1. The molecule has 0 bridgehead atoms. The summed E-state index contributed by atoms with van der Waals surface area (Å²) in [5, 5.41) is 4.03. The van der Waals surface area contributed by atoms with Crippen LogP contribution in [-0.4, -0.2) is 5.16 Å². The van der Waals surface area contributed by atoms with Crippen LogP contribution in [0.4, 0.5) is 5.82 Å². The maximum absolute atomic E-state index is 5.98. The van der Waals surface area contributed by atoms with Gasteiger partial charge in [-0.2, -0.15) is 0 Å². The van der Waals surface area contributed by atoms with Crippen LogP contribution in [0, 0.1) is 5.92 Å². The van der Waals surface area contributed by atoms with Crippen LogP contribution in [0.1, 0.15) is 70.6 Å². The number of aromatic nitrogens is 1. The highest BCUT2D eigenvalue weighted by Crippen LogP contribution is 2.47. The van der Waals surface area contributed by atoms with E-state index < -0.39 is 0 Å². The molecule has 1 fully saturated rings.